The van der Waals surface area contributed by atoms with Crippen LogP contribution in [0.5, 0.6) is 0 Å². The van der Waals surface area contributed by atoms with Crippen LogP contribution >= 0.6 is 0 Å². The summed E-state index contributed by atoms with van der Waals surface area (Å²) < 4.78 is 0. The quantitative estimate of drug-likeness (QED) is 0.621. The Kier molecular flexibility index (Phi) is 5.77. The molecule has 1 atom stereocenters. The first-order valence-electron chi connectivity index (χ1n) is 5.40. The van der Waals surface area contributed by atoms with Gasteiger partial charge in [-0.1, -0.05) is 27.2 Å². The van der Waals surface area contributed by atoms with Crippen molar-refractivity contribution in [2.45, 2.75) is 52.5 Å². The summed E-state index contributed by atoms with van der Waals surface area (Å²) in [5.74, 6) is -0.354. The van der Waals surface area contributed by atoms with Gasteiger partial charge in [0.1, 0.15) is 5.54 Å². The van der Waals surface area contributed by atoms with Crippen molar-refractivity contribution < 1.29 is 9.90 Å². The van der Waals surface area contributed by atoms with Crippen LogP contribution in [0, 0.1) is 5.92 Å². The third kappa shape index (κ3) is 4.61. The van der Waals surface area contributed by atoms with Gasteiger partial charge in [-0.2, -0.15) is 0 Å². The largest absolute Gasteiger partial charge is 0.480 e. The number of aliphatic carboxylic acids is 1. The van der Waals surface area contributed by atoms with Crippen LogP contribution in [0.2, 0.25) is 0 Å². The number of hydrogen-bond donors (Lipinski definition) is 2. The molecule has 3 nitrogen and oxygen atoms in total. The number of unbranched alkanes of at least 4 members (excludes halogenated alkanes) is 1. The zero-order valence-electron chi connectivity index (χ0n) is 9.76. The van der Waals surface area contributed by atoms with Crippen molar-refractivity contribution in [3.05, 3.63) is 0 Å². The van der Waals surface area contributed by atoms with Gasteiger partial charge in [0.25, 0.3) is 0 Å². The first-order valence-corrected chi connectivity index (χ1v) is 5.40. The van der Waals surface area contributed by atoms with Gasteiger partial charge in [-0.25, -0.2) is 0 Å². The minimum atomic E-state index is -0.761. The molecule has 0 rings (SSSR count). The number of rotatable bonds is 7. The highest BCUT2D eigenvalue weighted by molar-refractivity contribution is 5.78. The molecular formula is C11H23NO2. The molecule has 1 unspecified atom stereocenters. The van der Waals surface area contributed by atoms with Crippen LogP contribution in [0.15, 0.2) is 0 Å². The number of carbonyl (C=O) groups is 1. The van der Waals surface area contributed by atoms with Gasteiger partial charge in [0.2, 0.25) is 0 Å². The van der Waals surface area contributed by atoms with Gasteiger partial charge in [-0.05, 0) is 32.2 Å². The van der Waals surface area contributed by atoms with Crippen LogP contribution in [-0.2, 0) is 4.79 Å². The molecule has 0 aliphatic heterocycles. The lowest BCUT2D eigenvalue weighted by Crippen LogP contribution is -2.50. The summed E-state index contributed by atoms with van der Waals surface area (Å²) in [7, 11) is 0. The number of carboxylic acids is 1. The Labute approximate surface area is 86.9 Å². The minimum absolute atomic E-state index is 0.394. The SMILES string of the molecule is CCCCNC(C)(CC(C)C)C(=O)O. The van der Waals surface area contributed by atoms with E-state index in [-0.39, 0.29) is 0 Å². The summed E-state index contributed by atoms with van der Waals surface area (Å²) in [6.45, 7) is 8.74. The maximum absolute atomic E-state index is 11.1. The van der Waals surface area contributed by atoms with Gasteiger partial charge in [0, 0.05) is 0 Å². The summed E-state index contributed by atoms with van der Waals surface area (Å²) in [6, 6.07) is 0. The monoisotopic (exact) mass is 201 g/mol. The normalized spacial score (nSPS) is 15.5. The Hall–Kier alpha value is -0.570. The molecular weight excluding hydrogens is 178 g/mol. The molecule has 84 valence electrons. The summed E-state index contributed by atoms with van der Waals surface area (Å²) in [4.78, 5) is 11.1. The highest BCUT2D eigenvalue weighted by atomic mass is 16.4. The molecule has 0 bridgehead atoms. The van der Waals surface area contributed by atoms with E-state index in [0.29, 0.717) is 12.3 Å². The average molecular weight is 201 g/mol. The molecule has 0 spiro atoms. The number of carboxylic acid groups (broad SMARTS) is 1. The van der Waals surface area contributed by atoms with E-state index in [2.05, 4.69) is 12.2 Å². The molecule has 0 aliphatic rings. The highest BCUT2D eigenvalue weighted by Crippen LogP contribution is 2.16. The minimum Gasteiger partial charge on any atom is -0.480 e. The molecule has 0 heterocycles. The zero-order chi connectivity index (χ0) is 11.2. The van der Waals surface area contributed by atoms with Crippen LogP contribution < -0.4 is 5.32 Å². The molecule has 0 fully saturated rings. The second kappa shape index (κ2) is 6.02. The van der Waals surface area contributed by atoms with Gasteiger partial charge >= 0.3 is 5.97 Å². The molecule has 0 saturated carbocycles. The predicted octanol–water partition coefficient (Wildman–Crippen LogP) is 2.27. The van der Waals surface area contributed by atoms with Gasteiger partial charge in [0.15, 0.2) is 0 Å². The summed E-state index contributed by atoms with van der Waals surface area (Å²) in [6.07, 6.45) is 2.79. The van der Waals surface area contributed by atoms with Crippen LogP contribution in [0.25, 0.3) is 0 Å². The first-order chi connectivity index (χ1) is 6.42. The summed E-state index contributed by atoms with van der Waals surface area (Å²) >= 11 is 0. The average Bonchev–Trinajstić information content (AvgIpc) is 2.03. The Balaban J connectivity index is 4.17. The van der Waals surface area contributed by atoms with E-state index < -0.39 is 11.5 Å². The van der Waals surface area contributed by atoms with Gasteiger partial charge in [-0.3, -0.25) is 4.79 Å². The number of hydrogen-bond acceptors (Lipinski definition) is 2. The Morgan fingerprint density at radius 2 is 2.07 bits per heavy atom. The lowest BCUT2D eigenvalue weighted by molar-refractivity contribution is -0.144. The van der Waals surface area contributed by atoms with Crippen molar-refractivity contribution in [3.8, 4) is 0 Å². The van der Waals surface area contributed by atoms with E-state index in [9.17, 15) is 4.79 Å². The van der Waals surface area contributed by atoms with Crippen molar-refractivity contribution in [2.24, 2.45) is 5.92 Å². The van der Waals surface area contributed by atoms with E-state index in [4.69, 9.17) is 5.11 Å². The molecule has 0 aromatic heterocycles. The van der Waals surface area contributed by atoms with E-state index in [1.807, 2.05) is 13.8 Å². The smallest absolute Gasteiger partial charge is 0.323 e. The van der Waals surface area contributed by atoms with Gasteiger partial charge < -0.3 is 10.4 Å². The lowest BCUT2D eigenvalue weighted by Gasteiger charge is -2.28. The van der Waals surface area contributed by atoms with Crippen molar-refractivity contribution in [3.63, 3.8) is 0 Å². The molecule has 0 saturated heterocycles. The maximum Gasteiger partial charge on any atom is 0.323 e. The van der Waals surface area contributed by atoms with Gasteiger partial charge in [0.05, 0.1) is 0 Å². The molecule has 0 radical (unpaired) electrons. The van der Waals surface area contributed by atoms with Crippen LogP contribution in [-0.4, -0.2) is 23.2 Å². The second-order valence-corrected chi connectivity index (χ2v) is 4.52. The lowest BCUT2D eigenvalue weighted by atomic mass is 9.90. The van der Waals surface area contributed by atoms with Gasteiger partial charge in [-0.15, -0.1) is 0 Å². The molecule has 0 amide bonds. The molecule has 2 N–H and O–H groups in total. The van der Waals surface area contributed by atoms with E-state index >= 15 is 0 Å². The molecule has 14 heavy (non-hydrogen) atoms. The van der Waals surface area contributed by atoms with Crippen LogP contribution in [0.1, 0.15) is 47.0 Å². The second-order valence-electron chi connectivity index (χ2n) is 4.52. The van der Waals surface area contributed by atoms with E-state index in [0.717, 1.165) is 19.4 Å². The first kappa shape index (κ1) is 13.4. The number of nitrogens with one attached hydrogen (secondary N) is 1. The highest BCUT2D eigenvalue weighted by Gasteiger charge is 2.32. The Morgan fingerprint density at radius 1 is 1.50 bits per heavy atom. The molecule has 0 aromatic rings. The Morgan fingerprint density at radius 3 is 2.43 bits per heavy atom. The zero-order valence-corrected chi connectivity index (χ0v) is 9.76. The fourth-order valence-corrected chi connectivity index (χ4v) is 1.59. The third-order valence-electron chi connectivity index (χ3n) is 2.33. The topological polar surface area (TPSA) is 49.3 Å². The van der Waals surface area contributed by atoms with Crippen molar-refractivity contribution in [1.82, 2.24) is 5.32 Å². The van der Waals surface area contributed by atoms with Crippen molar-refractivity contribution >= 4 is 5.97 Å². The molecule has 0 aliphatic carbocycles. The summed E-state index contributed by atoms with van der Waals surface area (Å²) in [5, 5.41) is 12.2. The van der Waals surface area contributed by atoms with E-state index in [1.165, 1.54) is 0 Å². The summed E-state index contributed by atoms with van der Waals surface area (Å²) in [5.41, 5.74) is -0.761. The van der Waals surface area contributed by atoms with Crippen molar-refractivity contribution in [1.29, 1.82) is 0 Å². The predicted molar refractivity (Wildman–Crippen MR) is 58.4 cm³/mol. The Bertz CT molecular complexity index is 180. The van der Waals surface area contributed by atoms with Crippen LogP contribution in [0.4, 0.5) is 0 Å². The third-order valence-corrected chi connectivity index (χ3v) is 2.33. The fraction of sp³-hybridized carbons (Fsp3) is 0.909. The molecule has 3 heteroatoms. The maximum atomic E-state index is 11.1. The van der Waals surface area contributed by atoms with Crippen LogP contribution in [0.3, 0.4) is 0 Å². The van der Waals surface area contributed by atoms with E-state index in [1.54, 1.807) is 6.92 Å². The van der Waals surface area contributed by atoms with Crippen molar-refractivity contribution in [2.75, 3.05) is 6.54 Å². The standard InChI is InChI=1S/C11H23NO2/c1-5-6-7-12-11(4,10(13)14)8-9(2)3/h9,12H,5-8H2,1-4H3,(H,13,14). The molecule has 0 aromatic carbocycles. The fourth-order valence-electron chi connectivity index (χ4n) is 1.59.